The Bertz CT molecular complexity index is 743. The van der Waals surface area contributed by atoms with E-state index in [9.17, 15) is 17.8 Å². The van der Waals surface area contributed by atoms with Crippen LogP contribution in [0.5, 0.6) is 0 Å². The molecule has 2 rings (SSSR count). The van der Waals surface area contributed by atoms with Crippen molar-refractivity contribution in [2.24, 2.45) is 0 Å². The first-order valence-electron chi connectivity index (χ1n) is 6.94. The molecule has 0 atom stereocenters. The summed E-state index contributed by atoms with van der Waals surface area (Å²) in [4.78, 5) is 10.2. The van der Waals surface area contributed by atoms with E-state index in [1.165, 1.54) is 17.8 Å². The lowest BCUT2D eigenvalue weighted by Crippen LogP contribution is -2.34. The Kier molecular flexibility index (Phi) is 6.20. The number of carbonyl (C=O) groups excluding carboxylic acids is 1. The van der Waals surface area contributed by atoms with Gasteiger partial charge in [-0.1, -0.05) is 17.7 Å². The Morgan fingerprint density at radius 1 is 0.913 bits per heavy atom. The molecule has 5 nitrogen and oxygen atoms in total. The molecule has 0 saturated heterocycles. The molecule has 124 valence electrons. The highest BCUT2D eigenvalue weighted by Gasteiger charge is 2.10. The Labute approximate surface area is 137 Å². The maximum Gasteiger partial charge on any atom is 0.150 e. The monoisotopic (exact) mass is 335 g/mol. The molecule has 0 radical (unpaired) electrons. The number of aryl methyl sites for hydroxylation is 1. The van der Waals surface area contributed by atoms with E-state index in [2.05, 4.69) is 21.1 Å². The number of hydrogen-bond acceptors (Lipinski definition) is 4. The van der Waals surface area contributed by atoms with Crippen LogP contribution in [0.2, 0.25) is 0 Å². The molecule has 2 aromatic rings. The van der Waals surface area contributed by atoms with Gasteiger partial charge in [0, 0.05) is 5.56 Å². The summed E-state index contributed by atoms with van der Waals surface area (Å²) in [7, 11) is 2.01. The van der Waals surface area contributed by atoms with Gasteiger partial charge >= 0.3 is 0 Å². The van der Waals surface area contributed by atoms with Crippen LogP contribution >= 0.6 is 0 Å². The van der Waals surface area contributed by atoms with Crippen molar-refractivity contribution in [1.29, 1.82) is 0 Å². The smallest absolute Gasteiger partial charge is 0.150 e. The van der Waals surface area contributed by atoms with Gasteiger partial charge in [0.05, 0.1) is 26.0 Å². The molecule has 2 aromatic carbocycles. The van der Waals surface area contributed by atoms with E-state index in [1.807, 2.05) is 31.2 Å². The normalized spacial score (nSPS) is 11.3. The summed E-state index contributed by atoms with van der Waals surface area (Å²) in [6.07, 6.45) is 0.861. The highest BCUT2D eigenvalue weighted by Crippen LogP contribution is 2.16. The Balaban J connectivity index is 0.000000231. The minimum absolute atomic E-state index is 0.178. The molecular weight excluding hydrogens is 314 g/mol. The minimum Gasteiger partial charge on any atom is -0.744 e. The van der Waals surface area contributed by atoms with Crippen LogP contribution in [0.25, 0.3) is 0 Å². The minimum atomic E-state index is -4.27. The van der Waals surface area contributed by atoms with E-state index >= 15 is 0 Å². The summed E-state index contributed by atoms with van der Waals surface area (Å²) in [6.45, 7) is 1.82. The number of rotatable bonds is 3. The standard InChI is InChI=1S/C10H14NO.C7H8O3S/c1-11(2,3)10-6-4-9(8-12)5-7-10;1-6-2-4-7(5-3-6)11(8,9)10/h4-8H,1-3H3;2-5H,1H3,(H,8,9,10)/q+1;/p-1. The van der Waals surface area contributed by atoms with Crippen LogP contribution in [0.15, 0.2) is 53.4 Å². The number of carbonyl (C=O) groups is 1. The predicted octanol–water partition coefficient (Wildman–Crippen LogP) is 2.59. The van der Waals surface area contributed by atoms with E-state index < -0.39 is 10.1 Å². The zero-order chi connectivity index (χ0) is 17.7. The topological polar surface area (TPSA) is 74.3 Å². The van der Waals surface area contributed by atoms with Gasteiger partial charge in [0.15, 0.2) is 0 Å². The van der Waals surface area contributed by atoms with E-state index in [0.29, 0.717) is 0 Å². The van der Waals surface area contributed by atoms with E-state index in [4.69, 9.17) is 0 Å². The second-order valence-corrected chi connectivity index (χ2v) is 7.37. The van der Waals surface area contributed by atoms with Crippen molar-refractivity contribution < 1.29 is 17.8 Å². The van der Waals surface area contributed by atoms with E-state index in [0.717, 1.165) is 21.9 Å². The van der Waals surface area contributed by atoms with Crippen LogP contribution < -0.4 is 4.48 Å². The van der Waals surface area contributed by atoms with Crippen LogP contribution in [-0.4, -0.2) is 40.4 Å². The van der Waals surface area contributed by atoms with Gasteiger partial charge in [-0.15, -0.1) is 0 Å². The summed E-state index contributed by atoms with van der Waals surface area (Å²) < 4.78 is 31.9. The quantitative estimate of drug-likeness (QED) is 0.491. The van der Waals surface area contributed by atoms with Gasteiger partial charge in [-0.05, 0) is 43.3 Å². The highest BCUT2D eigenvalue weighted by atomic mass is 32.2. The van der Waals surface area contributed by atoms with Gasteiger partial charge in [-0.25, -0.2) is 8.42 Å². The molecular formula is C17H21NO4S. The fourth-order valence-electron chi connectivity index (χ4n) is 1.71. The molecule has 0 N–H and O–H groups in total. The fourth-order valence-corrected chi connectivity index (χ4v) is 2.17. The SMILES string of the molecule is C[N+](C)(C)c1ccc(C=O)cc1.Cc1ccc(S(=O)(=O)[O-])cc1. The zero-order valence-electron chi connectivity index (χ0n) is 13.7. The first kappa shape index (κ1) is 19.0. The van der Waals surface area contributed by atoms with Gasteiger partial charge in [-0.3, -0.25) is 9.28 Å². The van der Waals surface area contributed by atoms with Gasteiger partial charge < -0.3 is 4.55 Å². The first-order valence-corrected chi connectivity index (χ1v) is 8.34. The Morgan fingerprint density at radius 2 is 1.39 bits per heavy atom. The van der Waals surface area contributed by atoms with Gasteiger partial charge in [0.1, 0.15) is 22.1 Å². The second kappa shape index (κ2) is 7.50. The molecule has 0 aromatic heterocycles. The van der Waals surface area contributed by atoms with Crippen molar-refractivity contribution in [1.82, 2.24) is 4.48 Å². The fraction of sp³-hybridized carbons (Fsp3) is 0.235. The molecule has 0 heterocycles. The first-order chi connectivity index (χ1) is 10.5. The third kappa shape index (κ3) is 6.32. The van der Waals surface area contributed by atoms with Crippen LogP contribution in [0.3, 0.4) is 0 Å². The maximum absolute atomic E-state index is 10.4. The molecule has 0 aliphatic heterocycles. The van der Waals surface area contributed by atoms with Crippen molar-refractivity contribution in [3.8, 4) is 0 Å². The molecule has 0 spiro atoms. The lowest BCUT2D eigenvalue weighted by Gasteiger charge is -2.23. The molecule has 0 saturated carbocycles. The third-order valence-electron chi connectivity index (χ3n) is 3.11. The summed E-state index contributed by atoms with van der Waals surface area (Å²) >= 11 is 0. The van der Waals surface area contributed by atoms with Crippen molar-refractivity contribution in [2.75, 3.05) is 21.1 Å². The van der Waals surface area contributed by atoms with Gasteiger partial charge in [-0.2, -0.15) is 0 Å². The largest absolute Gasteiger partial charge is 0.744 e. The number of benzene rings is 2. The number of nitrogens with zero attached hydrogens (tertiary/aromatic N) is 1. The van der Waals surface area contributed by atoms with Crippen LogP contribution in [0, 0.1) is 6.92 Å². The molecule has 23 heavy (non-hydrogen) atoms. The summed E-state index contributed by atoms with van der Waals surface area (Å²) in [5, 5.41) is 0. The summed E-state index contributed by atoms with van der Waals surface area (Å²) in [5.41, 5.74) is 2.85. The average molecular weight is 335 g/mol. The molecule has 6 heteroatoms. The summed E-state index contributed by atoms with van der Waals surface area (Å²) in [6, 6.07) is 13.4. The number of aldehydes is 1. The Hall–Kier alpha value is -2.02. The van der Waals surface area contributed by atoms with Crippen molar-refractivity contribution in [3.05, 3.63) is 59.7 Å². The molecule has 0 bridgehead atoms. The van der Waals surface area contributed by atoms with Gasteiger partial charge in [0.25, 0.3) is 0 Å². The van der Waals surface area contributed by atoms with E-state index in [-0.39, 0.29) is 4.90 Å². The number of quaternary nitrogens is 1. The van der Waals surface area contributed by atoms with Crippen molar-refractivity contribution in [3.63, 3.8) is 0 Å². The Morgan fingerprint density at radius 3 is 1.74 bits per heavy atom. The van der Waals surface area contributed by atoms with Crippen LogP contribution in [-0.2, 0) is 10.1 Å². The lowest BCUT2D eigenvalue weighted by atomic mass is 10.2. The van der Waals surface area contributed by atoms with Crippen molar-refractivity contribution in [2.45, 2.75) is 11.8 Å². The highest BCUT2D eigenvalue weighted by molar-refractivity contribution is 7.85. The summed E-state index contributed by atoms with van der Waals surface area (Å²) in [5.74, 6) is 0. The van der Waals surface area contributed by atoms with E-state index in [1.54, 1.807) is 12.1 Å². The zero-order valence-corrected chi connectivity index (χ0v) is 14.5. The molecule has 0 amide bonds. The number of hydrogen-bond donors (Lipinski definition) is 0. The molecule has 0 fully saturated rings. The lowest BCUT2D eigenvalue weighted by molar-refractivity contribution is 0.112. The molecule has 0 aliphatic carbocycles. The maximum atomic E-state index is 10.4. The molecule has 0 aliphatic rings. The average Bonchev–Trinajstić information content (AvgIpc) is 2.46. The second-order valence-electron chi connectivity index (χ2n) is 5.99. The van der Waals surface area contributed by atoms with Crippen LogP contribution in [0.1, 0.15) is 15.9 Å². The van der Waals surface area contributed by atoms with Gasteiger partial charge in [0.2, 0.25) is 0 Å². The molecule has 0 unspecified atom stereocenters. The third-order valence-corrected chi connectivity index (χ3v) is 3.96. The van der Waals surface area contributed by atoms with Crippen LogP contribution in [0.4, 0.5) is 5.69 Å². The van der Waals surface area contributed by atoms with Crippen molar-refractivity contribution >= 4 is 22.1 Å². The predicted molar refractivity (Wildman–Crippen MR) is 90.5 cm³/mol.